The van der Waals surface area contributed by atoms with Gasteiger partial charge in [-0.1, -0.05) is 0 Å². The molecule has 0 fully saturated rings. The van der Waals surface area contributed by atoms with Crippen molar-refractivity contribution in [3.63, 3.8) is 0 Å². The number of ether oxygens (including phenoxy) is 1. The van der Waals surface area contributed by atoms with E-state index in [1.807, 2.05) is 0 Å². The first-order valence-electron chi connectivity index (χ1n) is 5.55. The molecule has 0 saturated heterocycles. The van der Waals surface area contributed by atoms with Crippen LogP contribution in [-0.4, -0.2) is 31.5 Å². The molecule has 0 aromatic heterocycles. The van der Waals surface area contributed by atoms with Crippen molar-refractivity contribution in [2.45, 2.75) is 19.1 Å². The Labute approximate surface area is 104 Å². The van der Waals surface area contributed by atoms with Crippen LogP contribution in [0.3, 0.4) is 0 Å². The lowest BCUT2D eigenvalue weighted by molar-refractivity contribution is 0.0594. The minimum Gasteiger partial charge on any atom is -0.391 e. The molecule has 0 aliphatic rings. The number of nitrogens with one attached hydrogen (secondary N) is 1. The molecular weight excluding hydrogens is 247 g/mol. The van der Waals surface area contributed by atoms with Crippen molar-refractivity contribution in [2.75, 3.05) is 20.3 Å². The number of hydrogen-bond donors (Lipinski definition) is 2. The third-order valence-corrected chi connectivity index (χ3v) is 2.42. The van der Waals surface area contributed by atoms with E-state index in [0.29, 0.717) is 19.0 Å². The maximum atomic E-state index is 13.2. The normalized spacial score (nSPS) is 12.7. The van der Waals surface area contributed by atoms with E-state index in [0.717, 1.165) is 6.07 Å². The highest BCUT2D eigenvalue weighted by molar-refractivity contribution is 5.19. The topological polar surface area (TPSA) is 41.5 Å². The molecule has 3 nitrogen and oxygen atoms in total. The summed E-state index contributed by atoms with van der Waals surface area (Å²) in [6.45, 7) is 0.715. The van der Waals surface area contributed by atoms with Crippen molar-refractivity contribution in [1.29, 1.82) is 0 Å². The lowest BCUT2D eigenvalue weighted by atomic mass is 10.2. The molecule has 0 heterocycles. The van der Waals surface area contributed by atoms with Gasteiger partial charge >= 0.3 is 0 Å². The van der Waals surface area contributed by atoms with E-state index < -0.39 is 23.6 Å². The van der Waals surface area contributed by atoms with E-state index in [9.17, 15) is 18.3 Å². The van der Waals surface area contributed by atoms with Crippen molar-refractivity contribution in [3.8, 4) is 0 Å². The molecule has 0 radical (unpaired) electrons. The molecule has 102 valence electrons. The molecule has 1 rings (SSSR count). The zero-order valence-electron chi connectivity index (χ0n) is 10.0. The van der Waals surface area contributed by atoms with Crippen molar-refractivity contribution in [1.82, 2.24) is 5.32 Å². The molecule has 1 aromatic rings. The highest BCUT2D eigenvalue weighted by Crippen LogP contribution is 2.13. The van der Waals surface area contributed by atoms with Gasteiger partial charge in [0.2, 0.25) is 0 Å². The quantitative estimate of drug-likeness (QED) is 0.580. The minimum atomic E-state index is -1.20. The first-order valence-corrected chi connectivity index (χ1v) is 5.55. The smallest absolute Gasteiger partial charge is 0.161 e. The van der Waals surface area contributed by atoms with Gasteiger partial charge in [0.15, 0.2) is 11.6 Å². The molecule has 1 unspecified atom stereocenters. The Morgan fingerprint density at radius 2 is 1.89 bits per heavy atom. The van der Waals surface area contributed by atoms with Gasteiger partial charge in [0.1, 0.15) is 5.82 Å². The second kappa shape index (κ2) is 7.35. The fourth-order valence-corrected chi connectivity index (χ4v) is 1.47. The lowest BCUT2D eigenvalue weighted by Crippen LogP contribution is -2.23. The third kappa shape index (κ3) is 4.64. The summed E-state index contributed by atoms with van der Waals surface area (Å²) in [5.74, 6) is -3.07. The highest BCUT2D eigenvalue weighted by atomic mass is 19.2. The fraction of sp³-hybridized carbons (Fsp3) is 0.500. The monoisotopic (exact) mass is 263 g/mol. The Hall–Kier alpha value is -1.11. The molecule has 1 aromatic carbocycles. The Morgan fingerprint density at radius 1 is 1.22 bits per heavy atom. The summed E-state index contributed by atoms with van der Waals surface area (Å²) >= 11 is 0. The second-order valence-corrected chi connectivity index (χ2v) is 3.93. The zero-order valence-corrected chi connectivity index (χ0v) is 10.0. The number of aliphatic hydroxyl groups excluding tert-OH is 1. The van der Waals surface area contributed by atoms with E-state index in [-0.39, 0.29) is 18.7 Å². The van der Waals surface area contributed by atoms with Crippen LogP contribution in [0.1, 0.15) is 12.0 Å². The van der Waals surface area contributed by atoms with Crippen molar-refractivity contribution >= 4 is 0 Å². The average Bonchev–Trinajstić information content (AvgIpc) is 2.31. The molecular formula is C12H16F3NO2. The van der Waals surface area contributed by atoms with Gasteiger partial charge in [-0.25, -0.2) is 13.2 Å². The van der Waals surface area contributed by atoms with Crippen LogP contribution < -0.4 is 5.32 Å². The van der Waals surface area contributed by atoms with Gasteiger partial charge in [0, 0.05) is 25.3 Å². The molecule has 0 aliphatic heterocycles. The van der Waals surface area contributed by atoms with Crippen LogP contribution in [0, 0.1) is 17.5 Å². The van der Waals surface area contributed by atoms with Gasteiger partial charge in [0.05, 0.1) is 12.7 Å². The first-order chi connectivity index (χ1) is 8.54. The molecule has 0 amide bonds. The molecule has 18 heavy (non-hydrogen) atoms. The van der Waals surface area contributed by atoms with Gasteiger partial charge in [0.25, 0.3) is 0 Å². The van der Waals surface area contributed by atoms with Crippen LogP contribution >= 0.6 is 0 Å². The molecule has 0 spiro atoms. The highest BCUT2D eigenvalue weighted by Gasteiger charge is 2.09. The van der Waals surface area contributed by atoms with Crippen molar-refractivity contribution < 1.29 is 23.0 Å². The number of methoxy groups -OCH3 is 1. The summed E-state index contributed by atoms with van der Waals surface area (Å²) in [6.07, 6.45) is -0.170. The van der Waals surface area contributed by atoms with Crippen LogP contribution in [0.5, 0.6) is 0 Å². The standard InChI is InChI=1S/C12H16F3NO2/c1-18-7-9(17)2-3-16-6-8-4-11(14)12(15)5-10(8)13/h4-5,9,16-17H,2-3,6-7H2,1H3. The van der Waals surface area contributed by atoms with Gasteiger partial charge in [-0.05, 0) is 19.0 Å². The SMILES string of the molecule is COCC(O)CCNCc1cc(F)c(F)cc1F. The Bertz CT molecular complexity index is 388. The summed E-state index contributed by atoms with van der Waals surface area (Å²) < 4.78 is 43.5. The predicted octanol–water partition coefficient (Wildman–Crippen LogP) is 1.59. The van der Waals surface area contributed by atoms with Crippen LogP contribution in [0.4, 0.5) is 13.2 Å². The molecule has 2 N–H and O–H groups in total. The fourth-order valence-electron chi connectivity index (χ4n) is 1.47. The molecule has 6 heteroatoms. The van der Waals surface area contributed by atoms with Crippen LogP contribution in [-0.2, 0) is 11.3 Å². The van der Waals surface area contributed by atoms with E-state index in [1.165, 1.54) is 7.11 Å². The van der Waals surface area contributed by atoms with Crippen molar-refractivity contribution in [2.24, 2.45) is 0 Å². The summed E-state index contributed by atoms with van der Waals surface area (Å²) in [6, 6.07) is 1.34. The molecule has 0 aliphatic carbocycles. The maximum Gasteiger partial charge on any atom is 0.161 e. The van der Waals surface area contributed by atoms with E-state index >= 15 is 0 Å². The van der Waals surface area contributed by atoms with E-state index in [4.69, 9.17) is 4.74 Å². The largest absolute Gasteiger partial charge is 0.391 e. The maximum absolute atomic E-state index is 13.2. The number of benzene rings is 1. The molecule has 1 atom stereocenters. The third-order valence-electron chi connectivity index (χ3n) is 2.42. The first kappa shape index (κ1) is 14.9. The number of halogens is 3. The predicted molar refractivity (Wildman–Crippen MR) is 60.5 cm³/mol. The Morgan fingerprint density at radius 3 is 2.56 bits per heavy atom. The average molecular weight is 263 g/mol. The van der Waals surface area contributed by atoms with Crippen LogP contribution in [0.2, 0.25) is 0 Å². The Balaban J connectivity index is 2.38. The summed E-state index contributed by atoms with van der Waals surface area (Å²) in [4.78, 5) is 0. The van der Waals surface area contributed by atoms with Crippen LogP contribution in [0.15, 0.2) is 12.1 Å². The zero-order chi connectivity index (χ0) is 13.5. The summed E-state index contributed by atoms with van der Waals surface area (Å²) in [5.41, 5.74) is 0.0510. The van der Waals surface area contributed by atoms with Crippen LogP contribution in [0.25, 0.3) is 0 Å². The van der Waals surface area contributed by atoms with E-state index in [2.05, 4.69) is 5.32 Å². The molecule has 0 saturated carbocycles. The minimum absolute atomic E-state index is 0.0510. The van der Waals surface area contributed by atoms with Crippen molar-refractivity contribution in [3.05, 3.63) is 35.1 Å². The molecule has 0 bridgehead atoms. The van der Waals surface area contributed by atoms with Gasteiger partial charge in [-0.3, -0.25) is 0 Å². The summed E-state index contributed by atoms with van der Waals surface area (Å²) in [7, 11) is 1.48. The van der Waals surface area contributed by atoms with Gasteiger partial charge in [-0.2, -0.15) is 0 Å². The van der Waals surface area contributed by atoms with Gasteiger partial charge in [-0.15, -0.1) is 0 Å². The Kier molecular flexibility index (Phi) is 6.11. The summed E-state index contributed by atoms with van der Waals surface area (Å²) in [5, 5.41) is 12.2. The second-order valence-electron chi connectivity index (χ2n) is 3.93. The van der Waals surface area contributed by atoms with E-state index in [1.54, 1.807) is 0 Å². The number of rotatable bonds is 7. The van der Waals surface area contributed by atoms with Gasteiger partial charge < -0.3 is 15.2 Å². The lowest BCUT2D eigenvalue weighted by Gasteiger charge is -2.10. The number of aliphatic hydroxyl groups is 1. The number of hydrogen-bond acceptors (Lipinski definition) is 3.